The Bertz CT molecular complexity index is 517. The first-order chi connectivity index (χ1) is 8.49. The Labute approximate surface area is 118 Å². The van der Waals surface area contributed by atoms with Crippen LogP contribution in [0.5, 0.6) is 0 Å². The Kier molecular flexibility index (Phi) is 4.29. The number of nitrogens with zero attached hydrogens (tertiary/aromatic N) is 4. The molecule has 2 aromatic rings. The summed E-state index contributed by atoms with van der Waals surface area (Å²) in [4.78, 5) is 4.38. The van der Waals surface area contributed by atoms with Crippen molar-refractivity contribution in [2.24, 2.45) is 0 Å². The molecule has 0 aliphatic rings. The summed E-state index contributed by atoms with van der Waals surface area (Å²) in [6, 6.07) is 0. The second kappa shape index (κ2) is 5.58. The normalized spacial score (nSPS) is 12.0. The highest BCUT2D eigenvalue weighted by atomic mass is 32.2. The van der Waals surface area contributed by atoms with Crippen molar-refractivity contribution in [1.29, 1.82) is 0 Å². The van der Waals surface area contributed by atoms with Gasteiger partial charge in [0.2, 0.25) is 5.89 Å². The molecule has 0 unspecified atom stereocenters. The van der Waals surface area contributed by atoms with Crippen molar-refractivity contribution in [3.63, 3.8) is 0 Å². The zero-order chi connectivity index (χ0) is 13.2. The standard InChI is InChI=1S/C10H14N4OS3/c1-10(2,3)7-11-6(15-14-7)5-17-9-13-12-8(16-4)18-9/h5H2,1-4H3. The molecule has 0 saturated heterocycles. The van der Waals surface area contributed by atoms with E-state index in [0.29, 0.717) is 11.6 Å². The fraction of sp³-hybridized carbons (Fsp3) is 0.600. The lowest BCUT2D eigenvalue weighted by atomic mass is 9.96. The summed E-state index contributed by atoms with van der Waals surface area (Å²) in [6.45, 7) is 6.18. The van der Waals surface area contributed by atoms with Crippen LogP contribution in [0.1, 0.15) is 32.5 Å². The molecule has 0 aliphatic carbocycles. The van der Waals surface area contributed by atoms with Crippen molar-refractivity contribution in [2.75, 3.05) is 6.26 Å². The number of hydrogen-bond donors (Lipinski definition) is 0. The van der Waals surface area contributed by atoms with Gasteiger partial charge in [-0.2, -0.15) is 4.98 Å². The van der Waals surface area contributed by atoms with Crippen molar-refractivity contribution >= 4 is 34.9 Å². The lowest BCUT2D eigenvalue weighted by Gasteiger charge is -2.10. The quantitative estimate of drug-likeness (QED) is 0.803. The van der Waals surface area contributed by atoms with Crippen LogP contribution >= 0.6 is 34.9 Å². The monoisotopic (exact) mass is 302 g/mol. The van der Waals surface area contributed by atoms with Gasteiger partial charge in [-0.05, 0) is 6.26 Å². The van der Waals surface area contributed by atoms with Crippen molar-refractivity contribution in [2.45, 2.75) is 40.6 Å². The predicted molar refractivity (Wildman–Crippen MR) is 74.2 cm³/mol. The molecule has 0 N–H and O–H groups in total. The molecule has 0 aromatic carbocycles. The first kappa shape index (κ1) is 13.8. The van der Waals surface area contributed by atoms with Gasteiger partial charge >= 0.3 is 0 Å². The fourth-order valence-electron chi connectivity index (χ4n) is 1.08. The molecule has 0 atom stereocenters. The lowest BCUT2D eigenvalue weighted by Crippen LogP contribution is -2.13. The Balaban J connectivity index is 1.96. The molecule has 2 rings (SSSR count). The van der Waals surface area contributed by atoms with Gasteiger partial charge in [0.25, 0.3) is 0 Å². The second-order valence-corrected chi connectivity index (χ2v) is 7.84. The van der Waals surface area contributed by atoms with Gasteiger partial charge < -0.3 is 4.52 Å². The summed E-state index contributed by atoms with van der Waals surface area (Å²) in [6.07, 6.45) is 1.99. The largest absolute Gasteiger partial charge is 0.338 e. The number of aromatic nitrogens is 4. The van der Waals surface area contributed by atoms with Gasteiger partial charge in [0, 0.05) is 5.41 Å². The van der Waals surface area contributed by atoms with Crippen molar-refractivity contribution in [3.8, 4) is 0 Å². The molecule has 8 heteroatoms. The maximum absolute atomic E-state index is 5.22. The molecular weight excluding hydrogens is 288 g/mol. The predicted octanol–water partition coefficient (Wildman–Crippen LogP) is 3.23. The van der Waals surface area contributed by atoms with Crippen LogP contribution in [-0.2, 0) is 11.2 Å². The summed E-state index contributed by atoms with van der Waals surface area (Å²) in [5.74, 6) is 2.00. The van der Waals surface area contributed by atoms with Crippen LogP contribution in [-0.4, -0.2) is 26.6 Å². The third-order valence-electron chi connectivity index (χ3n) is 2.02. The fourth-order valence-corrected chi connectivity index (χ4v) is 3.36. The Morgan fingerprint density at radius 1 is 1.22 bits per heavy atom. The van der Waals surface area contributed by atoms with Crippen LogP contribution in [0.4, 0.5) is 0 Å². The molecule has 2 aromatic heterocycles. The smallest absolute Gasteiger partial charge is 0.237 e. The summed E-state index contributed by atoms with van der Waals surface area (Å²) >= 11 is 4.75. The molecular formula is C10H14N4OS3. The van der Waals surface area contributed by atoms with Crippen LogP contribution in [0, 0.1) is 0 Å². The average molecular weight is 302 g/mol. The van der Waals surface area contributed by atoms with Gasteiger partial charge in [-0.3, -0.25) is 0 Å². The van der Waals surface area contributed by atoms with Gasteiger partial charge in [0.05, 0.1) is 5.75 Å². The number of hydrogen-bond acceptors (Lipinski definition) is 8. The highest BCUT2D eigenvalue weighted by Gasteiger charge is 2.21. The summed E-state index contributed by atoms with van der Waals surface area (Å²) in [5.41, 5.74) is -0.0822. The first-order valence-electron chi connectivity index (χ1n) is 5.32. The van der Waals surface area contributed by atoms with E-state index in [4.69, 9.17) is 4.52 Å². The summed E-state index contributed by atoms with van der Waals surface area (Å²) in [7, 11) is 0. The minimum atomic E-state index is -0.0822. The van der Waals surface area contributed by atoms with Gasteiger partial charge in [-0.1, -0.05) is 60.8 Å². The highest BCUT2D eigenvalue weighted by molar-refractivity contribution is 8.02. The zero-order valence-electron chi connectivity index (χ0n) is 10.6. The molecule has 18 heavy (non-hydrogen) atoms. The zero-order valence-corrected chi connectivity index (χ0v) is 13.1. The third kappa shape index (κ3) is 3.46. The number of rotatable bonds is 4. The molecule has 0 aliphatic heterocycles. The van der Waals surface area contributed by atoms with Crippen LogP contribution in [0.2, 0.25) is 0 Å². The molecule has 2 heterocycles. The van der Waals surface area contributed by atoms with Gasteiger partial charge in [-0.25, -0.2) is 0 Å². The van der Waals surface area contributed by atoms with Crippen LogP contribution in [0.15, 0.2) is 13.2 Å². The Hall–Kier alpha value is -0.600. The molecule has 0 fully saturated rings. The van der Waals surface area contributed by atoms with E-state index in [1.807, 2.05) is 6.26 Å². The first-order valence-corrected chi connectivity index (χ1v) is 8.35. The SMILES string of the molecule is CSc1nnc(SCc2nc(C(C)(C)C)no2)s1. The van der Waals surface area contributed by atoms with E-state index in [9.17, 15) is 0 Å². The van der Waals surface area contributed by atoms with Crippen LogP contribution in [0.3, 0.4) is 0 Å². The van der Waals surface area contributed by atoms with Crippen molar-refractivity contribution < 1.29 is 4.52 Å². The minimum Gasteiger partial charge on any atom is -0.338 e. The highest BCUT2D eigenvalue weighted by Crippen LogP contribution is 2.29. The Morgan fingerprint density at radius 3 is 2.50 bits per heavy atom. The van der Waals surface area contributed by atoms with E-state index in [2.05, 4.69) is 41.1 Å². The van der Waals surface area contributed by atoms with E-state index < -0.39 is 0 Å². The molecule has 0 bridgehead atoms. The number of thioether (sulfide) groups is 2. The maximum atomic E-state index is 5.22. The van der Waals surface area contributed by atoms with Gasteiger partial charge in [0.15, 0.2) is 14.5 Å². The molecule has 0 amide bonds. The molecule has 0 spiro atoms. The molecule has 5 nitrogen and oxygen atoms in total. The van der Waals surface area contributed by atoms with Crippen molar-refractivity contribution in [1.82, 2.24) is 20.3 Å². The topological polar surface area (TPSA) is 64.7 Å². The maximum Gasteiger partial charge on any atom is 0.237 e. The van der Waals surface area contributed by atoms with Gasteiger partial charge in [-0.15, -0.1) is 10.2 Å². The van der Waals surface area contributed by atoms with E-state index in [1.54, 1.807) is 34.9 Å². The summed E-state index contributed by atoms with van der Waals surface area (Å²) in [5, 5.41) is 12.1. The van der Waals surface area contributed by atoms with Crippen LogP contribution < -0.4 is 0 Å². The van der Waals surface area contributed by atoms with E-state index in [1.165, 1.54) is 0 Å². The van der Waals surface area contributed by atoms with Gasteiger partial charge in [0.1, 0.15) is 0 Å². The van der Waals surface area contributed by atoms with E-state index >= 15 is 0 Å². The molecule has 0 saturated carbocycles. The molecule has 0 radical (unpaired) electrons. The minimum absolute atomic E-state index is 0.0822. The van der Waals surface area contributed by atoms with E-state index in [-0.39, 0.29) is 5.41 Å². The second-order valence-electron chi connectivity index (χ2n) is 4.59. The molecule has 98 valence electrons. The van der Waals surface area contributed by atoms with Crippen LogP contribution in [0.25, 0.3) is 0 Å². The third-order valence-corrected chi connectivity index (χ3v) is 5.04. The average Bonchev–Trinajstić information content (AvgIpc) is 2.94. The lowest BCUT2D eigenvalue weighted by molar-refractivity contribution is 0.373. The van der Waals surface area contributed by atoms with E-state index in [0.717, 1.165) is 14.5 Å². The van der Waals surface area contributed by atoms with Crippen molar-refractivity contribution in [3.05, 3.63) is 11.7 Å². The summed E-state index contributed by atoms with van der Waals surface area (Å²) < 4.78 is 7.11. The Morgan fingerprint density at radius 2 is 1.94 bits per heavy atom.